The lowest BCUT2D eigenvalue weighted by molar-refractivity contribution is 0.0943. The SMILES string of the molecule is Cc1cc(-c2cnc3c(NCC(C)(C)O)nc(-c4ccccc4)cn23)ccc1C(=O)CC1CC1. The van der Waals surface area contributed by atoms with Gasteiger partial charge in [-0.2, -0.15) is 0 Å². The smallest absolute Gasteiger partial charge is 0.180 e. The molecular weight excluding hydrogens is 424 g/mol. The fourth-order valence-electron chi connectivity index (χ4n) is 4.20. The quantitative estimate of drug-likeness (QED) is 0.342. The molecular formula is C28H30N4O2. The summed E-state index contributed by atoms with van der Waals surface area (Å²) in [5, 5.41) is 13.5. The van der Waals surface area contributed by atoms with Gasteiger partial charge in [0, 0.05) is 35.9 Å². The molecule has 0 spiro atoms. The van der Waals surface area contributed by atoms with Crippen molar-refractivity contribution in [2.45, 2.75) is 45.6 Å². The van der Waals surface area contributed by atoms with E-state index in [4.69, 9.17) is 4.98 Å². The van der Waals surface area contributed by atoms with E-state index in [1.165, 1.54) is 12.8 Å². The van der Waals surface area contributed by atoms with Gasteiger partial charge < -0.3 is 10.4 Å². The van der Waals surface area contributed by atoms with E-state index in [2.05, 4.69) is 16.4 Å². The van der Waals surface area contributed by atoms with Crippen molar-refractivity contribution in [3.05, 3.63) is 72.1 Å². The van der Waals surface area contributed by atoms with E-state index in [9.17, 15) is 9.90 Å². The van der Waals surface area contributed by atoms with Crippen LogP contribution in [-0.2, 0) is 0 Å². The molecule has 174 valence electrons. The molecule has 2 heterocycles. The van der Waals surface area contributed by atoms with Crippen molar-refractivity contribution >= 4 is 17.2 Å². The number of anilines is 1. The number of fused-ring (bicyclic) bond motifs is 1. The number of imidazole rings is 1. The van der Waals surface area contributed by atoms with Gasteiger partial charge in [0.2, 0.25) is 0 Å². The second-order valence-electron chi connectivity index (χ2n) is 9.94. The summed E-state index contributed by atoms with van der Waals surface area (Å²) in [5.41, 5.74) is 5.30. The Bertz CT molecular complexity index is 1350. The largest absolute Gasteiger partial charge is 0.389 e. The lowest BCUT2D eigenvalue weighted by Crippen LogP contribution is -2.29. The number of carbonyl (C=O) groups excluding carboxylic acids is 1. The molecule has 4 aromatic rings. The predicted octanol–water partition coefficient (Wildman–Crippen LogP) is 5.54. The molecule has 2 aromatic carbocycles. The zero-order chi connectivity index (χ0) is 23.9. The number of carbonyl (C=O) groups is 1. The number of aliphatic hydroxyl groups is 1. The van der Waals surface area contributed by atoms with Crippen LogP contribution in [0.3, 0.4) is 0 Å². The normalized spacial score (nSPS) is 13.9. The number of ketones is 1. The molecule has 6 heteroatoms. The van der Waals surface area contributed by atoms with Crippen molar-refractivity contribution in [2.24, 2.45) is 5.92 Å². The first-order valence-electron chi connectivity index (χ1n) is 11.8. The molecule has 6 nitrogen and oxygen atoms in total. The minimum Gasteiger partial charge on any atom is -0.389 e. The fourth-order valence-corrected chi connectivity index (χ4v) is 4.20. The van der Waals surface area contributed by atoms with E-state index in [0.717, 1.165) is 33.6 Å². The molecule has 1 fully saturated rings. The van der Waals surface area contributed by atoms with Gasteiger partial charge in [-0.1, -0.05) is 42.5 Å². The molecule has 5 rings (SSSR count). The second kappa shape index (κ2) is 8.69. The van der Waals surface area contributed by atoms with E-state index in [0.29, 0.717) is 30.3 Å². The molecule has 1 aliphatic rings. The van der Waals surface area contributed by atoms with Crippen LogP contribution < -0.4 is 5.32 Å². The molecule has 2 N–H and O–H groups in total. The number of benzene rings is 2. The first-order valence-corrected chi connectivity index (χ1v) is 11.8. The topological polar surface area (TPSA) is 79.5 Å². The van der Waals surface area contributed by atoms with Crippen LogP contribution in [0, 0.1) is 12.8 Å². The Balaban J connectivity index is 1.57. The van der Waals surface area contributed by atoms with Gasteiger partial charge >= 0.3 is 0 Å². The standard InChI is InChI=1S/C28H30N4O2/c1-18-13-21(11-12-22(18)25(33)14-19-9-10-19)24-15-29-27-26(30-17-28(2,3)34)31-23(16-32(24)27)20-7-5-4-6-8-20/h4-8,11-13,15-16,19,34H,9-10,14,17H2,1-3H3,(H,30,31). The molecule has 0 radical (unpaired) electrons. The van der Waals surface area contributed by atoms with Gasteiger partial charge in [-0.3, -0.25) is 9.20 Å². The third-order valence-electron chi connectivity index (χ3n) is 6.24. The highest BCUT2D eigenvalue weighted by Crippen LogP contribution is 2.34. The van der Waals surface area contributed by atoms with Crippen molar-refractivity contribution in [1.82, 2.24) is 14.4 Å². The number of aromatic nitrogens is 3. The molecule has 0 bridgehead atoms. The van der Waals surface area contributed by atoms with Gasteiger partial charge in [0.05, 0.1) is 23.2 Å². The van der Waals surface area contributed by atoms with Crippen molar-refractivity contribution in [3.63, 3.8) is 0 Å². The van der Waals surface area contributed by atoms with Crippen LogP contribution in [0.2, 0.25) is 0 Å². The van der Waals surface area contributed by atoms with Crippen molar-refractivity contribution in [2.75, 3.05) is 11.9 Å². The van der Waals surface area contributed by atoms with Crippen molar-refractivity contribution in [1.29, 1.82) is 0 Å². The zero-order valence-electron chi connectivity index (χ0n) is 19.9. The van der Waals surface area contributed by atoms with E-state index in [1.54, 1.807) is 13.8 Å². The molecule has 0 amide bonds. The lowest BCUT2D eigenvalue weighted by Gasteiger charge is -2.19. The number of aryl methyl sites for hydroxylation is 1. The van der Waals surface area contributed by atoms with Gasteiger partial charge in [-0.25, -0.2) is 9.97 Å². The number of Topliss-reactive ketones (excluding diaryl/α,β-unsaturated/α-hetero) is 1. The summed E-state index contributed by atoms with van der Waals surface area (Å²) in [4.78, 5) is 22.1. The Kier molecular flexibility index (Phi) is 5.70. The van der Waals surface area contributed by atoms with Gasteiger partial charge in [0.1, 0.15) is 0 Å². The molecule has 0 atom stereocenters. The number of nitrogens with one attached hydrogen (secondary N) is 1. The third-order valence-corrected chi connectivity index (χ3v) is 6.24. The highest BCUT2D eigenvalue weighted by molar-refractivity contribution is 5.98. The fraction of sp³-hybridized carbons (Fsp3) is 0.321. The first-order chi connectivity index (χ1) is 16.3. The number of rotatable bonds is 8. The molecule has 0 unspecified atom stereocenters. The molecule has 0 aliphatic heterocycles. The van der Waals surface area contributed by atoms with Crippen LogP contribution in [0.25, 0.3) is 28.2 Å². The summed E-state index contributed by atoms with van der Waals surface area (Å²) in [5.74, 6) is 1.42. The van der Waals surface area contributed by atoms with Crippen molar-refractivity contribution < 1.29 is 9.90 Å². The lowest BCUT2D eigenvalue weighted by atomic mass is 9.98. The molecule has 2 aromatic heterocycles. The molecule has 0 saturated heterocycles. The monoisotopic (exact) mass is 454 g/mol. The Labute approximate surface area is 199 Å². The Hall–Kier alpha value is -3.51. The Morgan fingerprint density at radius 3 is 2.59 bits per heavy atom. The van der Waals surface area contributed by atoms with Crippen LogP contribution in [0.5, 0.6) is 0 Å². The minimum atomic E-state index is -0.892. The number of hydrogen-bond acceptors (Lipinski definition) is 5. The zero-order valence-corrected chi connectivity index (χ0v) is 19.9. The highest BCUT2D eigenvalue weighted by Gasteiger charge is 2.25. The summed E-state index contributed by atoms with van der Waals surface area (Å²) in [6.07, 6.45) is 6.82. The van der Waals surface area contributed by atoms with E-state index in [-0.39, 0.29) is 5.78 Å². The second-order valence-corrected chi connectivity index (χ2v) is 9.94. The van der Waals surface area contributed by atoms with Crippen LogP contribution in [0.1, 0.15) is 49.0 Å². The van der Waals surface area contributed by atoms with Gasteiger partial charge in [0.15, 0.2) is 17.2 Å². The van der Waals surface area contributed by atoms with Gasteiger partial charge in [-0.05, 0) is 51.2 Å². The predicted molar refractivity (Wildman–Crippen MR) is 135 cm³/mol. The summed E-state index contributed by atoms with van der Waals surface area (Å²) < 4.78 is 2.03. The van der Waals surface area contributed by atoms with E-state index in [1.807, 2.05) is 66.2 Å². The molecule has 34 heavy (non-hydrogen) atoms. The van der Waals surface area contributed by atoms with Crippen LogP contribution >= 0.6 is 0 Å². The van der Waals surface area contributed by atoms with E-state index < -0.39 is 5.60 Å². The van der Waals surface area contributed by atoms with Crippen LogP contribution in [0.4, 0.5) is 5.82 Å². The number of hydrogen-bond donors (Lipinski definition) is 2. The maximum atomic E-state index is 12.7. The average Bonchev–Trinajstić information content (AvgIpc) is 3.52. The maximum Gasteiger partial charge on any atom is 0.180 e. The summed E-state index contributed by atoms with van der Waals surface area (Å²) in [7, 11) is 0. The summed E-state index contributed by atoms with van der Waals surface area (Å²) in [6, 6.07) is 16.0. The van der Waals surface area contributed by atoms with Gasteiger partial charge in [-0.15, -0.1) is 0 Å². The highest BCUT2D eigenvalue weighted by atomic mass is 16.3. The van der Waals surface area contributed by atoms with Crippen LogP contribution in [-0.4, -0.2) is 37.4 Å². The van der Waals surface area contributed by atoms with Crippen molar-refractivity contribution in [3.8, 4) is 22.5 Å². The maximum absolute atomic E-state index is 12.7. The first kappa shape index (κ1) is 22.3. The summed E-state index contributed by atoms with van der Waals surface area (Å²) in [6.45, 7) is 5.85. The van der Waals surface area contributed by atoms with Gasteiger partial charge in [0.25, 0.3) is 0 Å². The third kappa shape index (κ3) is 4.73. The molecule has 1 aliphatic carbocycles. The summed E-state index contributed by atoms with van der Waals surface area (Å²) >= 11 is 0. The Morgan fingerprint density at radius 1 is 1.15 bits per heavy atom. The minimum absolute atomic E-state index is 0.235. The average molecular weight is 455 g/mol. The number of nitrogens with zero attached hydrogens (tertiary/aromatic N) is 3. The van der Waals surface area contributed by atoms with Crippen LogP contribution in [0.15, 0.2) is 60.9 Å². The van der Waals surface area contributed by atoms with E-state index >= 15 is 0 Å². The Morgan fingerprint density at radius 2 is 1.91 bits per heavy atom. The molecule has 1 saturated carbocycles.